The number of aliphatic imine (C=N–C) groups is 2. The van der Waals surface area contributed by atoms with Gasteiger partial charge in [0.2, 0.25) is 0 Å². The van der Waals surface area contributed by atoms with Crippen molar-refractivity contribution in [1.82, 2.24) is 14.9 Å². The number of aromatic nitrogens is 2. The van der Waals surface area contributed by atoms with Gasteiger partial charge in [0.15, 0.2) is 0 Å². The van der Waals surface area contributed by atoms with Crippen LogP contribution >= 0.6 is 0 Å². The molecule has 2 N–H and O–H groups in total. The molecule has 5 heterocycles. The number of fused-ring (bicyclic) bond motifs is 6. The minimum Gasteiger partial charge on any atom is -0.497 e. The summed E-state index contributed by atoms with van der Waals surface area (Å²) in [5.74, 6) is 1.76. The van der Waals surface area contributed by atoms with Crippen LogP contribution in [0.4, 0.5) is 0 Å². The largest absolute Gasteiger partial charge is 0.497 e. The molecule has 0 saturated carbocycles. The van der Waals surface area contributed by atoms with Crippen LogP contribution in [-0.2, 0) is 12.8 Å². The number of methoxy groups -OCH3 is 2. The quantitative estimate of drug-likeness (QED) is 0.327. The highest BCUT2D eigenvalue weighted by Crippen LogP contribution is 2.33. The molecule has 0 amide bonds. The molecule has 202 valence electrons. The maximum atomic E-state index is 5.49. The first-order valence-corrected chi connectivity index (χ1v) is 14.4. The first-order chi connectivity index (χ1) is 19.2. The highest BCUT2D eigenvalue weighted by Gasteiger charge is 2.30. The third kappa shape index (κ3) is 4.42. The summed E-state index contributed by atoms with van der Waals surface area (Å²) in [6, 6.07) is 13.1. The van der Waals surface area contributed by atoms with E-state index in [4.69, 9.17) is 19.5 Å². The Balaban J connectivity index is 1.22. The van der Waals surface area contributed by atoms with E-state index < -0.39 is 0 Å². The Kier molecular flexibility index (Phi) is 6.39. The van der Waals surface area contributed by atoms with Gasteiger partial charge in [-0.25, -0.2) is 0 Å². The van der Waals surface area contributed by atoms with Crippen molar-refractivity contribution in [1.29, 1.82) is 0 Å². The van der Waals surface area contributed by atoms with Crippen molar-refractivity contribution in [2.75, 3.05) is 40.4 Å². The summed E-state index contributed by atoms with van der Waals surface area (Å²) in [6.07, 6.45) is 7.68. The number of piperidine rings is 1. The minimum absolute atomic E-state index is 0.363. The van der Waals surface area contributed by atoms with Crippen LogP contribution in [0.5, 0.6) is 11.5 Å². The van der Waals surface area contributed by atoms with Crippen molar-refractivity contribution >= 4 is 33.2 Å². The maximum absolute atomic E-state index is 5.49. The number of rotatable bonds is 7. The summed E-state index contributed by atoms with van der Waals surface area (Å²) in [7, 11) is 3.45. The Labute approximate surface area is 229 Å². The zero-order chi connectivity index (χ0) is 26.3. The summed E-state index contributed by atoms with van der Waals surface area (Å²) >= 11 is 0. The highest BCUT2D eigenvalue weighted by atomic mass is 16.5. The molecule has 1 saturated heterocycles. The highest BCUT2D eigenvalue weighted by molar-refractivity contribution is 6.09. The predicted octanol–water partition coefficient (Wildman–Crippen LogP) is 5.69. The van der Waals surface area contributed by atoms with E-state index in [1.54, 1.807) is 14.2 Å². The van der Waals surface area contributed by atoms with Crippen LogP contribution in [0.2, 0.25) is 0 Å². The fourth-order valence-electron chi connectivity index (χ4n) is 6.89. The van der Waals surface area contributed by atoms with E-state index in [1.807, 2.05) is 0 Å². The molecule has 39 heavy (non-hydrogen) atoms. The number of hydrogen-bond acceptors (Lipinski definition) is 5. The lowest BCUT2D eigenvalue weighted by Crippen LogP contribution is -2.42. The molecule has 0 spiro atoms. The first kappa shape index (κ1) is 24.5. The van der Waals surface area contributed by atoms with E-state index in [2.05, 4.69) is 51.3 Å². The molecule has 3 aliphatic rings. The third-order valence-corrected chi connectivity index (χ3v) is 8.90. The summed E-state index contributed by atoms with van der Waals surface area (Å²) in [5.41, 5.74) is 9.93. The predicted molar refractivity (Wildman–Crippen MR) is 158 cm³/mol. The molecule has 7 nitrogen and oxygen atoms in total. The standard InChI is InChI=1S/C32H37N5O2/c1-38-21-6-8-23-25-10-12-33-29(31(25)35-27(23)18-21)16-20(37-14-4-3-5-15-37)17-30-32-26(11-13-34-30)24-9-7-22(39-2)19-28(24)36-32/h6-9,18-20,35-36H,3-5,10-17H2,1-2H3. The molecule has 1 fully saturated rings. The molecule has 0 bridgehead atoms. The number of aromatic amines is 2. The van der Waals surface area contributed by atoms with Crippen molar-refractivity contribution in [3.8, 4) is 11.5 Å². The number of hydrogen-bond donors (Lipinski definition) is 2. The van der Waals surface area contributed by atoms with Gasteiger partial charge in [-0.3, -0.25) is 14.9 Å². The number of likely N-dealkylation sites (tertiary alicyclic amines) is 1. The number of nitrogens with zero attached hydrogens (tertiary/aromatic N) is 3. The molecule has 0 atom stereocenters. The number of benzene rings is 2. The molecule has 0 radical (unpaired) electrons. The molecule has 7 heteroatoms. The molecular formula is C32H37N5O2. The van der Waals surface area contributed by atoms with E-state index in [0.29, 0.717) is 6.04 Å². The van der Waals surface area contributed by atoms with Crippen LogP contribution < -0.4 is 9.47 Å². The summed E-state index contributed by atoms with van der Waals surface area (Å²) < 4.78 is 11.0. The van der Waals surface area contributed by atoms with Gasteiger partial charge >= 0.3 is 0 Å². The van der Waals surface area contributed by atoms with Gasteiger partial charge < -0.3 is 19.4 Å². The average molecular weight is 524 g/mol. The van der Waals surface area contributed by atoms with Crippen LogP contribution in [0.25, 0.3) is 21.8 Å². The Hall–Kier alpha value is -3.58. The second-order valence-electron chi connectivity index (χ2n) is 11.1. The lowest BCUT2D eigenvalue weighted by atomic mass is 9.91. The molecule has 2 aromatic carbocycles. The summed E-state index contributed by atoms with van der Waals surface area (Å²) in [4.78, 5) is 20.3. The van der Waals surface area contributed by atoms with E-state index in [0.717, 1.165) is 74.4 Å². The molecule has 4 aromatic rings. The van der Waals surface area contributed by atoms with Gasteiger partial charge in [0.25, 0.3) is 0 Å². The summed E-state index contributed by atoms with van der Waals surface area (Å²) in [5, 5.41) is 2.59. The molecule has 3 aliphatic heterocycles. The fraction of sp³-hybridized carbons (Fsp3) is 0.438. The van der Waals surface area contributed by atoms with Crippen LogP contribution in [0, 0.1) is 0 Å². The normalized spacial score (nSPS) is 17.7. The molecular weight excluding hydrogens is 486 g/mol. The zero-order valence-corrected chi connectivity index (χ0v) is 23.0. The Morgan fingerprint density at radius 1 is 0.744 bits per heavy atom. The zero-order valence-electron chi connectivity index (χ0n) is 23.0. The smallest absolute Gasteiger partial charge is 0.120 e. The van der Waals surface area contributed by atoms with Crippen molar-refractivity contribution in [2.45, 2.75) is 51.0 Å². The Morgan fingerprint density at radius 2 is 1.26 bits per heavy atom. The number of H-pyrrole nitrogens is 2. The Morgan fingerprint density at radius 3 is 1.74 bits per heavy atom. The van der Waals surface area contributed by atoms with Crippen molar-refractivity contribution < 1.29 is 9.47 Å². The molecule has 0 unspecified atom stereocenters. The van der Waals surface area contributed by atoms with Gasteiger partial charge in [-0.2, -0.15) is 0 Å². The van der Waals surface area contributed by atoms with Gasteiger partial charge in [0.1, 0.15) is 11.5 Å². The van der Waals surface area contributed by atoms with Gasteiger partial charge in [0.05, 0.1) is 37.0 Å². The lowest BCUT2D eigenvalue weighted by molar-refractivity contribution is 0.170. The molecule has 0 aliphatic carbocycles. The third-order valence-electron chi connectivity index (χ3n) is 8.90. The fourth-order valence-corrected chi connectivity index (χ4v) is 6.89. The monoisotopic (exact) mass is 523 g/mol. The molecule has 2 aromatic heterocycles. The van der Waals surface area contributed by atoms with Crippen LogP contribution in [0.1, 0.15) is 54.6 Å². The Bertz CT molecular complexity index is 1480. The van der Waals surface area contributed by atoms with Crippen molar-refractivity contribution in [3.63, 3.8) is 0 Å². The van der Waals surface area contributed by atoms with Crippen molar-refractivity contribution in [3.05, 3.63) is 58.9 Å². The van der Waals surface area contributed by atoms with Crippen LogP contribution in [0.3, 0.4) is 0 Å². The van der Waals surface area contributed by atoms with Crippen molar-refractivity contribution in [2.24, 2.45) is 9.98 Å². The van der Waals surface area contributed by atoms with E-state index in [1.165, 1.54) is 64.0 Å². The van der Waals surface area contributed by atoms with Gasteiger partial charge in [-0.15, -0.1) is 0 Å². The van der Waals surface area contributed by atoms with E-state index in [-0.39, 0.29) is 0 Å². The van der Waals surface area contributed by atoms with E-state index in [9.17, 15) is 0 Å². The SMILES string of the molecule is COc1ccc2c3c([nH]c2c1)C(CC(CC1=NCCc2c1[nH]c1cc(OC)ccc21)N1CCCCC1)=NCC3. The van der Waals surface area contributed by atoms with Crippen LogP contribution in [-0.4, -0.2) is 72.7 Å². The minimum atomic E-state index is 0.363. The summed E-state index contributed by atoms with van der Waals surface area (Å²) in [6.45, 7) is 4.00. The second kappa shape index (κ2) is 10.2. The molecule has 7 rings (SSSR count). The van der Waals surface area contributed by atoms with Gasteiger partial charge in [0, 0.05) is 65.9 Å². The lowest BCUT2D eigenvalue weighted by Gasteiger charge is -2.36. The first-order valence-electron chi connectivity index (χ1n) is 14.4. The topological polar surface area (TPSA) is 78.0 Å². The van der Waals surface area contributed by atoms with Gasteiger partial charge in [-0.1, -0.05) is 6.42 Å². The number of ether oxygens (including phenoxy) is 2. The average Bonchev–Trinajstić information content (AvgIpc) is 3.55. The maximum Gasteiger partial charge on any atom is 0.120 e. The van der Waals surface area contributed by atoms with Gasteiger partial charge in [-0.05, 0) is 74.2 Å². The van der Waals surface area contributed by atoms with E-state index >= 15 is 0 Å². The number of nitrogens with one attached hydrogen (secondary N) is 2. The van der Waals surface area contributed by atoms with Crippen LogP contribution in [0.15, 0.2) is 46.4 Å². The second-order valence-corrected chi connectivity index (χ2v) is 11.1.